The van der Waals surface area contributed by atoms with Gasteiger partial charge in [0.25, 0.3) is 15.9 Å². The Balaban J connectivity index is 1.81. The first-order chi connectivity index (χ1) is 15.7. The summed E-state index contributed by atoms with van der Waals surface area (Å²) in [4.78, 5) is 19.2. The van der Waals surface area contributed by atoms with E-state index in [0.717, 1.165) is 10.0 Å². The van der Waals surface area contributed by atoms with Crippen LogP contribution in [0.5, 0.6) is 0 Å². The molecule has 1 N–H and O–H groups in total. The fourth-order valence-corrected chi connectivity index (χ4v) is 5.57. The van der Waals surface area contributed by atoms with Crippen LogP contribution in [-0.2, 0) is 26.0 Å². The van der Waals surface area contributed by atoms with Crippen molar-refractivity contribution in [3.63, 3.8) is 0 Å². The van der Waals surface area contributed by atoms with Gasteiger partial charge in [0.15, 0.2) is 5.03 Å². The second kappa shape index (κ2) is 9.73. The van der Waals surface area contributed by atoms with Gasteiger partial charge in [0.05, 0.1) is 18.5 Å². The minimum atomic E-state index is -3.96. The number of nitrogens with zero attached hydrogens (tertiary/aromatic N) is 3. The van der Waals surface area contributed by atoms with Gasteiger partial charge in [-0.1, -0.05) is 51.3 Å². The Labute approximate surface area is 209 Å². The highest BCUT2D eigenvalue weighted by Gasteiger charge is 2.43. The van der Waals surface area contributed by atoms with E-state index in [1.54, 1.807) is 18.2 Å². The van der Waals surface area contributed by atoms with Crippen molar-refractivity contribution >= 4 is 66.7 Å². The third kappa shape index (κ3) is 4.96. The number of benzene rings is 2. The molecule has 4 rings (SSSR count). The number of anilines is 2. The van der Waals surface area contributed by atoms with Crippen LogP contribution in [0.3, 0.4) is 0 Å². The van der Waals surface area contributed by atoms with Crippen LogP contribution in [-0.4, -0.2) is 44.1 Å². The second-order valence-electron chi connectivity index (χ2n) is 7.30. The average Bonchev–Trinajstić information content (AvgIpc) is 3.28. The third-order valence-corrected chi connectivity index (χ3v) is 7.48. The number of sulfonamides is 1. The molecular formula is C21H19BrCl2N4O4S. The first-order valence-electron chi connectivity index (χ1n) is 9.81. The van der Waals surface area contributed by atoms with Crippen LogP contribution in [0, 0.1) is 0 Å². The lowest BCUT2D eigenvalue weighted by molar-refractivity contribution is -0.119. The monoisotopic (exact) mass is 572 g/mol. The van der Waals surface area contributed by atoms with Crippen LogP contribution in [0.2, 0.25) is 10.0 Å². The summed E-state index contributed by atoms with van der Waals surface area (Å²) in [5.74, 6) is -0.166. The van der Waals surface area contributed by atoms with Gasteiger partial charge in [0.1, 0.15) is 6.04 Å². The van der Waals surface area contributed by atoms with Gasteiger partial charge in [-0.15, -0.1) is 0 Å². The molecule has 0 aliphatic carbocycles. The summed E-state index contributed by atoms with van der Waals surface area (Å²) in [6, 6.07) is 11.3. The SMILES string of the molecule is COCCNS(=O)(=O)c1cnc2n1C(Cc1ccc(Br)cc1)C(=O)N2c1cc(Cl)cc(Cl)c1. The van der Waals surface area contributed by atoms with Crippen LogP contribution in [0.4, 0.5) is 11.6 Å². The number of ether oxygens (including phenoxy) is 1. The number of rotatable bonds is 8. The van der Waals surface area contributed by atoms with Crippen molar-refractivity contribution in [3.05, 3.63) is 68.7 Å². The Morgan fingerprint density at radius 3 is 2.45 bits per heavy atom. The fraction of sp³-hybridized carbons (Fsp3) is 0.238. The maximum Gasteiger partial charge on any atom is 0.257 e. The standard InChI is InChI=1S/C21H19BrCl2N4O4S/c1-32-7-6-26-33(30,31)19-12-25-21-27(17-10-15(23)9-16(24)11-17)20(29)18(28(19)21)8-13-2-4-14(22)5-3-13/h2-5,9-12,18,26H,6-8H2,1H3. The number of hydrogen-bond donors (Lipinski definition) is 1. The zero-order valence-corrected chi connectivity index (χ0v) is 21.2. The van der Waals surface area contributed by atoms with E-state index in [1.165, 1.54) is 22.8 Å². The number of imidazole rings is 1. The second-order valence-corrected chi connectivity index (χ2v) is 10.8. The topological polar surface area (TPSA) is 93.5 Å². The summed E-state index contributed by atoms with van der Waals surface area (Å²) in [5.41, 5.74) is 1.26. The van der Waals surface area contributed by atoms with Crippen LogP contribution in [0.15, 0.2) is 58.2 Å². The highest BCUT2D eigenvalue weighted by Crippen LogP contribution is 2.41. The molecule has 33 heavy (non-hydrogen) atoms. The van der Waals surface area contributed by atoms with E-state index in [4.69, 9.17) is 27.9 Å². The Hall–Kier alpha value is -1.95. The highest BCUT2D eigenvalue weighted by atomic mass is 79.9. The Kier molecular flexibility index (Phi) is 7.13. The maximum absolute atomic E-state index is 13.6. The van der Waals surface area contributed by atoms with Crippen molar-refractivity contribution in [2.45, 2.75) is 17.5 Å². The predicted octanol–water partition coefficient (Wildman–Crippen LogP) is 4.34. The molecule has 1 unspecified atom stereocenters. The molecule has 0 fully saturated rings. The Bertz CT molecular complexity index is 1280. The van der Waals surface area contributed by atoms with Crippen molar-refractivity contribution in [2.24, 2.45) is 0 Å². The summed E-state index contributed by atoms with van der Waals surface area (Å²) in [6.45, 7) is 0.285. The maximum atomic E-state index is 13.6. The van der Waals surface area contributed by atoms with Crippen molar-refractivity contribution in [3.8, 4) is 0 Å². The molecule has 8 nitrogen and oxygen atoms in total. The summed E-state index contributed by atoms with van der Waals surface area (Å²) >= 11 is 15.7. The summed E-state index contributed by atoms with van der Waals surface area (Å²) in [6.07, 6.45) is 1.51. The number of nitrogens with one attached hydrogen (secondary N) is 1. The fourth-order valence-electron chi connectivity index (χ4n) is 3.64. The van der Waals surface area contributed by atoms with Crippen LogP contribution < -0.4 is 9.62 Å². The molecule has 0 saturated carbocycles. The van der Waals surface area contributed by atoms with Crippen molar-refractivity contribution in [2.75, 3.05) is 25.2 Å². The molecule has 1 aromatic heterocycles. The van der Waals surface area contributed by atoms with Gasteiger partial charge in [0, 0.05) is 34.6 Å². The number of carbonyl (C=O) groups excluding carboxylic acids is 1. The summed E-state index contributed by atoms with van der Waals surface area (Å²) in [5, 5.41) is 0.572. The molecule has 1 aliphatic heterocycles. The number of fused-ring (bicyclic) bond motifs is 1. The van der Waals surface area contributed by atoms with E-state index >= 15 is 0 Å². The molecule has 1 aliphatic rings. The van der Waals surface area contributed by atoms with E-state index in [0.29, 0.717) is 15.7 Å². The minimum Gasteiger partial charge on any atom is -0.383 e. The van der Waals surface area contributed by atoms with Gasteiger partial charge in [0.2, 0.25) is 5.95 Å². The molecule has 0 radical (unpaired) electrons. The first-order valence-corrected chi connectivity index (χ1v) is 12.8. The van der Waals surface area contributed by atoms with Crippen molar-refractivity contribution < 1.29 is 17.9 Å². The average molecular weight is 574 g/mol. The molecule has 1 amide bonds. The molecule has 3 aromatic rings. The zero-order valence-electron chi connectivity index (χ0n) is 17.3. The van der Waals surface area contributed by atoms with Crippen LogP contribution in [0.25, 0.3) is 0 Å². The molecule has 0 spiro atoms. The lowest BCUT2D eigenvalue weighted by Crippen LogP contribution is -2.31. The summed E-state index contributed by atoms with van der Waals surface area (Å²) < 4.78 is 35.8. The van der Waals surface area contributed by atoms with E-state index < -0.39 is 16.1 Å². The number of halogens is 3. The van der Waals surface area contributed by atoms with Gasteiger partial charge in [-0.2, -0.15) is 0 Å². The molecule has 2 aromatic carbocycles. The van der Waals surface area contributed by atoms with Gasteiger partial charge >= 0.3 is 0 Å². The van der Waals surface area contributed by atoms with Crippen molar-refractivity contribution in [1.82, 2.24) is 14.3 Å². The number of amides is 1. The third-order valence-electron chi connectivity index (χ3n) is 5.08. The lowest BCUT2D eigenvalue weighted by Gasteiger charge is -2.17. The van der Waals surface area contributed by atoms with Crippen LogP contribution in [0.1, 0.15) is 11.6 Å². The predicted molar refractivity (Wildman–Crippen MR) is 130 cm³/mol. The zero-order chi connectivity index (χ0) is 23.8. The normalized spacial score (nSPS) is 15.8. The molecule has 2 heterocycles. The van der Waals surface area contributed by atoms with E-state index in [1.807, 2.05) is 24.3 Å². The Morgan fingerprint density at radius 2 is 1.82 bits per heavy atom. The molecule has 1 atom stereocenters. The van der Waals surface area contributed by atoms with E-state index in [2.05, 4.69) is 25.6 Å². The summed E-state index contributed by atoms with van der Waals surface area (Å²) in [7, 11) is -2.48. The quantitative estimate of drug-likeness (QED) is 0.405. The molecular weight excluding hydrogens is 555 g/mol. The lowest BCUT2D eigenvalue weighted by atomic mass is 10.1. The van der Waals surface area contributed by atoms with Crippen molar-refractivity contribution in [1.29, 1.82) is 0 Å². The van der Waals surface area contributed by atoms with Gasteiger partial charge in [-0.05, 0) is 35.9 Å². The van der Waals surface area contributed by atoms with E-state index in [-0.39, 0.29) is 36.5 Å². The van der Waals surface area contributed by atoms with E-state index in [9.17, 15) is 13.2 Å². The minimum absolute atomic E-state index is 0.0816. The first kappa shape index (κ1) is 24.2. The number of hydrogen-bond acceptors (Lipinski definition) is 5. The van der Waals surface area contributed by atoms with Gasteiger partial charge in [-0.3, -0.25) is 9.36 Å². The van der Waals surface area contributed by atoms with Gasteiger partial charge < -0.3 is 4.74 Å². The number of methoxy groups -OCH3 is 1. The van der Waals surface area contributed by atoms with Crippen LogP contribution >= 0.6 is 39.1 Å². The largest absolute Gasteiger partial charge is 0.383 e. The molecule has 0 bridgehead atoms. The van der Waals surface area contributed by atoms with Gasteiger partial charge in [-0.25, -0.2) is 23.0 Å². The molecule has 12 heteroatoms. The highest BCUT2D eigenvalue weighted by molar-refractivity contribution is 9.10. The number of aromatic nitrogens is 2. The Morgan fingerprint density at radius 1 is 1.15 bits per heavy atom. The number of carbonyl (C=O) groups is 1. The molecule has 174 valence electrons. The molecule has 0 saturated heterocycles. The smallest absolute Gasteiger partial charge is 0.257 e.